The third kappa shape index (κ3) is 2.93. The number of H-pyrrole nitrogens is 1. The molecule has 0 amide bonds. The average Bonchev–Trinajstić information content (AvgIpc) is 3.10. The van der Waals surface area contributed by atoms with Crippen molar-refractivity contribution in [2.75, 3.05) is 0 Å². The van der Waals surface area contributed by atoms with Crippen LogP contribution in [0.5, 0.6) is 0 Å². The lowest BCUT2D eigenvalue weighted by Crippen LogP contribution is -2.27. The molecule has 2 aromatic rings. The zero-order valence-electron chi connectivity index (χ0n) is 10.7. The van der Waals surface area contributed by atoms with E-state index in [1.54, 1.807) is 0 Å². The van der Waals surface area contributed by atoms with E-state index >= 15 is 0 Å². The van der Waals surface area contributed by atoms with Crippen molar-refractivity contribution >= 4 is 11.6 Å². The summed E-state index contributed by atoms with van der Waals surface area (Å²) in [6.45, 7) is 2.05. The van der Waals surface area contributed by atoms with Crippen LogP contribution in [-0.2, 0) is 0 Å². The molecule has 100 valence electrons. The molecule has 1 aliphatic rings. The normalized spacial score (nSPS) is 18.2. The molecule has 1 aromatic heterocycles. The third-order valence-corrected chi connectivity index (χ3v) is 3.75. The number of nitrogens with one attached hydrogen (secondary N) is 2. The van der Waals surface area contributed by atoms with Gasteiger partial charge in [0.2, 0.25) is 0 Å². The van der Waals surface area contributed by atoms with Gasteiger partial charge in [-0.3, -0.25) is 0 Å². The lowest BCUT2D eigenvalue weighted by atomic mass is 10.0. The molecule has 0 radical (unpaired) electrons. The van der Waals surface area contributed by atoms with E-state index in [0.717, 1.165) is 5.02 Å². The van der Waals surface area contributed by atoms with Gasteiger partial charge >= 0.3 is 0 Å². The summed E-state index contributed by atoms with van der Waals surface area (Å²) in [5.74, 6) is 1.38. The van der Waals surface area contributed by atoms with Gasteiger partial charge in [0.15, 0.2) is 5.82 Å². The van der Waals surface area contributed by atoms with E-state index in [-0.39, 0.29) is 6.04 Å². The second-order valence-electron chi connectivity index (χ2n) is 5.03. The fraction of sp³-hybridized carbons (Fsp3) is 0.462. The Kier molecular flexibility index (Phi) is 3.48. The summed E-state index contributed by atoms with van der Waals surface area (Å²) >= 11 is 5.95. The highest BCUT2D eigenvalue weighted by Gasteiger charge is 2.33. The Morgan fingerprint density at radius 3 is 2.63 bits per heavy atom. The molecule has 0 bridgehead atoms. The zero-order chi connectivity index (χ0) is 13.2. The van der Waals surface area contributed by atoms with Gasteiger partial charge in [0.1, 0.15) is 0 Å². The van der Waals surface area contributed by atoms with Crippen molar-refractivity contribution in [3.05, 3.63) is 40.7 Å². The lowest BCUT2D eigenvalue weighted by molar-refractivity contribution is 0.416. The van der Waals surface area contributed by atoms with Gasteiger partial charge in [-0.2, -0.15) is 5.21 Å². The van der Waals surface area contributed by atoms with Crippen molar-refractivity contribution in [1.82, 2.24) is 25.9 Å². The van der Waals surface area contributed by atoms with Crippen LogP contribution < -0.4 is 5.32 Å². The van der Waals surface area contributed by atoms with Gasteiger partial charge in [0.05, 0.1) is 6.04 Å². The highest BCUT2D eigenvalue weighted by Crippen LogP contribution is 2.42. The number of aromatic nitrogens is 4. The molecule has 0 spiro atoms. The molecule has 6 heteroatoms. The quantitative estimate of drug-likeness (QED) is 0.882. The summed E-state index contributed by atoms with van der Waals surface area (Å²) in [5.41, 5.74) is 1.27. The van der Waals surface area contributed by atoms with Gasteiger partial charge in [-0.1, -0.05) is 28.9 Å². The number of tetrazole rings is 1. The highest BCUT2D eigenvalue weighted by molar-refractivity contribution is 6.30. The summed E-state index contributed by atoms with van der Waals surface area (Å²) in [6.07, 6.45) is 2.53. The fourth-order valence-electron chi connectivity index (χ4n) is 2.30. The first-order valence-electron chi connectivity index (χ1n) is 6.49. The van der Waals surface area contributed by atoms with E-state index in [1.807, 2.05) is 12.1 Å². The summed E-state index contributed by atoms with van der Waals surface area (Å²) in [4.78, 5) is 0. The van der Waals surface area contributed by atoms with Crippen LogP contribution in [0.25, 0.3) is 0 Å². The van der Waals surface area contributed by atoms with Crippen LogP contribution in [0.1, 0.15) is 43.2 Å². The molecule has 0 saturated heterocycles. The monoisotopic (exact) mass is 277 g/mol. The molecule has 2 unspecified atom stereocenters. The van der Waals surface area contributed by atoms with Crippen molar-refractivity contribution in [3.63, 3.8) is 0 Å². The molecule has 2 atom stereocenters. The standard InChI is InChI=1S/C13H16ClN5/c1-8(13-16-18-19-17-13)15-12(9-2-3-9)10-4-6-11(14)7-5-10/h4-9,12,15H,2-3H2,1H3,(H,16,17,18,19). The molecule has 5 nitrogen and oxygen atoms in total. The second kappa shape index (κ2) is 5.27. The molecule has 1 fully saturated rings. The van der Waals surface area contributed by atoms with Gasteiger partial charge in [0, 0.05) is 11.1 Å². The number of aromatic amines is 1. The van der Waals surface area contributed by atoms with Crippen molar-refractivity contribution in [2.45, 2.75) is 31.8 Å². The minimum absolute atomic E-state index is 0.0695. The molecule has 3 rings (SSSR count). The first kappa shape index (κ1) is 12.6. The maximum Gasteiger partial charge on any atom is 0.191 e. The number of hydrogen-bond donors (Lipinski definition) is 2. The third-order valence-electron chi connectivity index (χ3n) is 3.50. The van der Waals surface area contributed by atoms with E-state index in [1.165, 1.54) is 18.4 Å². The Morgan fingerprint density at radius 2 is 2.05 bits per heavy atom. The maximum atomic E-state index is 5.95. The van der Waals surface area contributed by atoms with E-state index in [9.17, 15) is 0 Å². The van der Waals surface area contributed by atoms with Crippen LogP contribution in [0.15, 0.2) is 24.3 Å². The first-order chi connectivity index (χ1) is 9.24. The number of benzene rings is 1. The SMILES string of the molecule is CC(NC(c1ccc(Cl)cc1)C1CC1)c1nn[nH]n1. The molecule has 1 aromatic carbocycles. The predicted molar refractivity (Wildman–Crippen MR) is 72.6 cm³/mol. The predicted octanol–water partition coefficient (Wildman–Crippen LogP) is 2.66. The Balaban J connectivity index is 1.76. The number of nitrogens with zero attached hydrogens (tertiary/aromatic N) is 3. The highest BCUT2D eigenvalue weighted by atomic mass is 35.5. The molecule has 1 aliphatic carbocycles. The largest absolute Gasteiger partial charge is 0.300 e. The lowest BCUT2D eigenvalue weighted by Gasteiger charge is -2.22. The van der Waals surface area contributed by atoms with Gasteiger partial charge in [0.25, 0.3) is 0 Å². The van der Waals surface area contributed by atoms with E-state index < -0.39 is 0 Å². The van der Waals surface area contributed by atoms with Crippen LogP contribution >= 0.6 is 11.6 Å². The number of rotatable bonds is 5. The van der Waals surface area contributed by atoms with Crippen LogP contribution in [0.2, 0.25) is 5.02 Å². The molecular weight excluding hydrogens is 262 g/mol. The average molecular weight is 278 g/mol. The summed E-state index contributed by atoms with van der Waals surface area (Å²) in [6, 6.07) is 8.44. The van der Waals surface area contributed by atoms with Crippen molar-refractivity contribution in [2.24, 2.45) is 5.92 Å². The van der Waals surface area contributed by atoms with Gasteiger partial charge < -0.3 is 5.32 Å². The van der Waals surface area contributed by atoms with E-state index in [4.69, 9.17) is 11.6 Å². The number of halogens is 1. The van der Waals surface area contributed by atoms with Crippen LogP contribution in [0, 0.1) is 5.92 Å². The van der Waals surface area contributed by atoms with Gasteiger partial charge in [-0.15, -0.1) is 10.2 Å². The van der Waals surface area contributed by atoms with Crippen molar-refractivity contribution < 1.29 is 0 Å². The molecule has 0 aliphatic heterocycles. The fourth-order valence-corrected chi connectivity index (χ4v) is 2.43. The van der Waals surface area contributed by atoms with Crippen LogP contribution in [0.4, 0.5) is 0 Å². The summed E-state index contributed by atoms with van der Waals surface area (Å²) in [5, 5.41) is 18.5. The van der Waals surface area contributed by atoms with Crippen LogP contribution in [-0.4, -0.2) is 20.6 Å². The summed E-state index contributed by atoms with van der Waals surface area (Å²) in [7, 11) is 0. The minimum Gasteiger partial charge on any atom is -0.300 e. The zero-order valence-corrected chi connectivity index (χ0v) is 11.4. The smallest absolute Gasteiger partial charge is 0.191 e. The minimum atomic E-state index is 0.0695. The Hall–Kier alpha value is -1.46. The summed E-state index contributed by atoms with van der Waals surface area (Å²) < 4.78 is 0. The van der Waals surface area contributed by atoms with Gasteiger partial charge in [-0.05, 0) is 43.4 Å². The topological polar surface area (TPSA) is 66.5 Å². The van der Waals surface area contributed by atoms with Crippen LogP contribution in [0.3, 0.4) is 0 Å². The molecular formula is C13H16ClN5. The van der Waals surface area contributed by atoms with Crippen molar-refractivity contribution in [1.29, 1.82) is 0 Å². The van der Waals surface area contributed by atoms with E-state index in [0.29, 0.717) is 17.8 Å². The molecule has 1 heterocycles. The van der Waals surface area contributed by atoms with E-state index in [2.05, 4.69) is 45.0 Å². The molecule has 2 N–H and O–H groups in total. The molecule has 19 heavy (non-hydrogen) atoms. The Morgan fingerprint density at radius 1 is 1.32 bits per heavy atom. The Bertz CT molecular complexity index is 520. The maximum absolute atomic E-state index is 5.95. The van der Waals surface area contributed by atoms with Gasteiger partial charge in [-0.25, -0.2) is 0 Å². The Labute approximate surface area is 116 Å². The second-order valence-corrected chi connectivity index (χ2v) is 5.46. The number of hydrogen-bond acceptors (Lipinski definition) is 4. The van der Waals surface area contributed by atoms with Crippen molar-refractivity contribution in [3.8, 4) is 0 Å². The molecule has 1 saturated carbocycles. The first-order valence-corrected chi connectivity index (χ1v) is 6.86.